The van der Waals surface area contributed by atoms with Gasteiger partial charge in [0.25, 0.3) is 0 Å². The highest BCUT2D eigenvalue weighted by Crippen LogP contribution is 2.24. The zero-order valence-electron chi connectivity index (χ0n) is 10.3. The molecule has 6 heteroatoms. The highest BCUT2D eigenvalue weighted by molar-refractivity contribution is 5.80. The average Bonchev–Trinajstić information content (AvgIpc) is 2.66. The van der Waals surface area contributed by atoms with E-state index in [4.69, 9.17) is 5.11 Å². The van der Waals surface area contributed by atoms with Crippen LogP contribution in [0.4, 0.5) is 4.79 Å². The van der Waals surface area contributed by atoms with Gasteiger partial charge in [-0.05, 0) is 19.3 Å². The van der Waals surface area contributed by atoms with E-state index in [0.29, 0.717) is 13.1 Å². The molecular weight excluding hydrogens is 224 g/mol. The quantitative estimate of drug-likeness (QED) is 0.741. The number of carbonyl (C=O) groups is 2. The summed E-state index contributed by atoms with van der Waals surface area (Å²) >= 11 is 0. The molecule has 1 heterocycles. The van der Waals surface area contributed by atoms with E-state index in [-0.39, 0.29) is 31.1 Å². The van der Waals surface area contributed by atoms with Gasteiger partial charge in [0, 0.05) is 13.1 Å². The van der Waals surface area contributed by atoms with Crippen molar-refractivity contribution in [2.75, 3.05) is 26.2 Å². The number of carbonyl (C=O) groups excluding carboxylic acids is 1. The number of likely N-dealkylation sites (N-methyl/N-ethyl adjacent to an activating group) is 1. The summed E-state index contributed by atoms with van der Waals surface area (Å²) in [5.41, 5.74) is 0. The molecule has 1 aliphatic heterocycles. The molecule has 2 atom stereocenters. The SMILES string of the molecule is CCN(CC(=O)O)C(=O)N1CCC(C)C1CO. The van der Waals surface area contributed by atoms with Crippen LogP contribution < -0.4 is 0 Å². The van der Waals surface area contributed by atoms with Gasteiger partial charge in [0.1, 0.15) is 6.54 Å². The Kier molecular flexibility index (Phi) is 4.74. The lowest BCUT2D eigenvalue weighted by atomic mass is 10.0. The van der Waals surface area contributed by atoms with Gasteiger partial charge in [-0.2, -0.15) is 0 Å². The summed E-state index contributed by atoms with van der Waals surface area (Å²) in [4.78, 5) is 25.6. The second kappa shape index (κ2) is 5.86. The van der Waals surface area contributed by atoms with Gasteiger partial charge in [-0.25, -0.2) is 4.79 Å². The summed E-state index contributed by atoms with van der Waals surface area (Å²) < 4.78 is 0. The van der Waals surface area contributed by atoms with Crippen LogP contribution in [0.25, 0.3) is 0 Å². The minimum atomic E-state index is -1.02. The predicted octanol–water partition coefficient (Wildman–Crippen LogP) is 0.216. The van der Waals surface area contributed by atoms with Gasteiger partial charge < -0.3 is 20.0 Å². The third-order valence-electron chi connectivity index (χ3n) is 3.29. The number of likely N-dealkylation sites (tertiary alicyclic amines) is 1. The maximum atomic E-state index is 12.1. The first kappa shape index (κ1) is 13.8. The first-order valence-corrected chi connectivity index (χ1v) is 5.89. The summed E-state index contributed by atoms with van der Waals surface area (Å²) in [6.07, 6.45) is 0.849. The van der Waals surface area contributed by atoms with Crippen molar-refractivity contribution in [3.63, 3.8) is 0 Å². The number of hydrogen-bond acceptors (Lipinski definition) is 3. The minimum absolute atomic E-state index is 0.0719. The second-order valence-electron chi connectivity index (χ2n) is 4.40. The summed E-state index contributed by atoms with van der Waals surface area (Å²) in [7, 11) is 0. The Bertz CT molecular complexity index is 295. The van der Waals surface area contributed by atoms with E-state index in [1.807, 2.05) is 6.92 Å². The molecule has 0 spiro atoms. The average molecular weight is 244 g/mol. The summed E-state index contributed by atoms with van der Waals surface area (Å²) in [6.45, 7) is 4.31. The van der Waals surface area contributed by atoms with Crippen molar-refractivity contribution in [2.24, 2.45) is 5.92 Å². The van der Waals surface area contributed by atoms with Crippen LogP contribution in [0.5, 0.6) is 0 Å². The molecule has 2 amide bonds. The Morgan fingerprint density at radius 3 is 2.59 bits per heavy atom. The van der Waals surface area contributed by atoms with Crippen molar-refractivity contribution < 1.29 is 19.8 Å². The van der Waals surface area contributed by atoms with Crippen molar-refractivity contribution in [1.29, 1.82) is 0 Å². The normalized spacial score (nSPS) is 23.8. The van der Waals surface area contributed by atoms with E-state index in [9.17, 15) is 14.7 Å². The summed E-state index contributed by atoms with van der Waals surface area (Å²) in [5, 5.41) is 18.0. The topological polar surface area (TPSA) is 81.1 Å². The highest BCUT2D eigenvalue weighted by atomic mass is 16.4. The van der Waals surface area contributed by atoms with E-state index in [0.717, 1.165) is 6.42 Å². The number of nitrogens with zero attached hydrogens (tertiary/aromatic N) is 2. The van der Waals surface area contributed by atoms with Gasteiger partial charge in [-0.3, -0.25) is 4.79 Å². The van der Waals surface area contributed by atoms with Gasteiger partial charge in [0.15, 0.2) is 0 Å². The van der Waals surface area contributed by atoms with Crippen LogP contribution in [-0.4, -0.2) is 64.3 Å². The molecule has 2 N–H and O–H groups in total. The Hall–Kier alpha value is -1.30. The van der Waals surface area contributed by atoms with E-state index in [1.165, 1.54) is 4.90 Å². The fourth-order valence-electron chi connectivity index (χ4n) is 2.18. The highest BCUT2D eigenvalue weighted by Gasteiger charge is 2.35. The van der Waals surface area contributed by atoms with Gasteiger partial charge in [-0.1, -0.05) is 6.92 Å². The van der Waals surface area contributed by atoms with E-state index >= 15 is 0 Å². The number of urea groups is 1. The Morgan fingerprint density at radius 1 is 1.47 bits per heavy atom. The number of amides is 2. The Labute approximate surface area is 101 Å². The molecule has 17 heavy (non-hydrogen) atoms. The summed E-state index contributed by atoms with van der Waals surface area (Å²) in [5.74, 6) is -0.763. The molecule has 0 saturated carbocycles. The molecule has 1 fully saturated rings. The van der Waals surface area contributed by atoms with Crippen LogP contribution in [0.1, 0.15) is 20.3 Å². The van der Waals surface area contributed by atoms with Gasteiger partial charge in [-0.15, -0.1) is 0 Å². The predicted molar refractivity (Wildman–Crippen MR) is 61.6 cm³/mol. The van der Waals surface area contributed by atoms with Crippen LogP contribution in [0, 0.1) is 5.92 Å². The Morgan fingerprint density at radius 2 is 2.12 bits per heavy atom. The van der Waals surface area contributed by atoms with Crippen molar-refractivity contribution in [1.82, 2.24) is 9.80 Å². The molecule has 1 aliphatic rings. The number of carboxylic acid groups (broad SMARTS) is 1. The minimum Gasteiger partial charge on any atom is -0.480 e. The largest absolute Gasteiger partial charge is 0.480 e. The van der Waals surface area contributed by atoms with Crippen molar-refractivity contribution in [3.8, 4) is 0 Å². The molecule has 0 aromatic rings. The van der Waals surface area contributed by atoms with E-state index in [1.54, 1.807) is 11.8 Å². The number of aliphatic hydroxyl groups is 1. The molecule has 0 radical (unpaired) electrons. The van der Waals surface area contributed by atoms with Crippen molar-refractivity contribution >= 4 is 12.0 Å². The van der Waals surface area contributed by atoms with Crippen molar-refractivity contribution in [2.45, 2.75) is 26.3 Å². The van der Waals surface area contributed by atoms with Crippen LogP contribution in [-0.2, 0) is 4.79 Å². The molecule has 6 nitrogen and oxygen atoms in total. The molecule has 1 rings (SSSR count). The molecule has 2 unspecified atom stereocenters. The molecule has 0 bridgehead atoms. The first-order valence-electron chi connectivity index (χ1n) is 5.89. The number of rotatable bonds is 4. The molecule has 98 valence electrons. The number of carboxylic acids is 1. The maximum Gasteiger partial charge on any atom is 0.323 e. The lowest BCUT2D eigenvalue weighted by Gasteiger charge is -2.30. The monoisotopic (exact) mass is 244 g/mol. The zero-order chi connectivity index (χ0) is 13.0. The Balaban J connectivity index is 2.70. The number of hydrogen-bond donors (Lipinski definition) is 2. The van der Waals surface area contributed by atoms with Gasteiger partial charge >= 0.3 is 12.0 Å². The molecule has 1 saturated heterocycles. The van der Waals surface area contributed by atoms with Crippen LogP contribution in [0.2, 0.25) is 0 Å². The number of aliphatic hydroxyl groups excluding tert-OH is 1. The number of aliphatic carboxylic acids is 1. The molecule has 0 aromatic carbocycles. The van der Waals surface area contributed by atoms with E-state index in [2.05, 4.69) is 0 Å². The fraction of sp³-hybridized carbons (Fsp3) is 0.818. The maximum absolute atomic E-state index is 12.1. The van der Waals surface area contributed by atoms with Crippen LogP contribution in [0.3, 0.4) is 0 Å². The second-order valence-corrected chi connectivity index (χ2v) is 4.40. The smallest absolute Gasteiger partial charge is 0.323 e. The third kappa shape index (κ3) is 3.09. The summed E-state index contributed by atoms with van der Waals surface area (Å²) in [6, 6.07) is -0.483. The first-order chi connectivity index (χ1) is 8.01. The fourth-order valence-corrected chi connectivity index (χ4v) is 2.18. The zero-order valence-corrected chi connectivity index (χ0v) is 10.3. The molecular formula is C11H20N2O4. The lowest BCUT2D eigenvalue weighted by molar-refractivity contribution is -0.137. The third-order valence-corrected chi connectivity index (χ3v) is 3.29. The van der Waals surface area contributed by atoms with Crippen molar-refractivity contribution in [3.05, 3.63) is 0 Å². The molecule has 0 aromatic heterocycles. The van der Waals surface area contributed by atoms with Gasteiger partial charge in [0.05, 0.1) is 12.6 Å². The van der Waals surface area contributed by atoms with Crippen LogP contribution in [0.15, 0.2) is 0 Å². The van der Waals surface area contributed by atoms with Gasteiger partial charge in [0.2, 0.25) is 0 Å². The van der Waals surface area contributed by atoms with Crippen LogP contribution >= 0.6 is 0 Å². The lowest BCUT2D eigenvalue weighted by Crippen LogP contribution is -2.49. The van der Waals surface area contributed by atoms with E-state index < -0.39 is 5.97 Å². The standard InChI is InChI=1S/C11H20N2O4/c1-3-12(6-10(15)16)11(17)13-5-4-8(2)9(13)7-14/h8-9,14H,3-7H2,1-2H3,(H,15,16). The molecule has 0 aliphatic carbocycles.